The number of amides is 2. The Morgan fingerprint density at radius 2 is 1.86 bits per heavy atom. The van der Waals surface area contributed by atoms with E-state index in [1.807, 2.05) is 31.2 Å². The molecule has 6 heterocycles. The van der Waals surface area contributed by atoms with Crippen LogP contribution < -0.4 is 15.5 Å². The lowest BCUT2D eigenvalue weighted by Crippen LogP contribution is -2.41. The highest BCUT2D eigenvalue weighted by atomic mass is 16.7. The molecule has 2 atom stereocenters. The van der Waals surface area contributed by atoms with Gasteiger partial charge >= 0.3 is 13.2 Å². The van der Waals surface area contributed by atoms with Gasteiger partial charge in [-0.3, -0.25) is 9.36 Å². The molecule has 8 rings (SSSR count). The first-order chi connectivity index (χ1) is 23.9. The topological polar surface area (TPSA) is 133 Å². The fourth-order valence-corrected chi connectivity index (χ4v) is 7.11. The van der Waals surface area contributed by atoms with Gasteiger partial charge in [-0.1, -0.05) is 18.2 Å². The van der Waals surface area contributed by atoms with Gasteiger partial charge in [0.25, 0.3) is 0 Å². The average Bonchev–Trinajstić information content (AvgIpc) is 3.92. The van der Waals surface area contributed by atoms with Gasteiger partial charge in [0.2, 0.25) is 12.1 Å². The first-order valence-electron chi connectivity index (χ1n) is 17.0. The first-order valence-corrected chi connectivity index (χ1v) is 17.0. The van der Waals surface area contributed by atoms with Crippen molar-refractivity contribution in [2.45, 2.75) is 70.9 Å². The number of nitrogens with zero attached hydrogens (tertiary/aromatic N) is 3. The predicted molar refractivity (Wildman–Crippen MR) is 187 cm³/mol. The molecule has 13 heteroatoms. The summed E-state index contributed by atoms with van der Waals surface area (Å²) in [6, 6.07) is 18.3. The molecule has 3 aromatic heterocycles. The Hall–Kier alpha value is -5.01. The molecule has 3 aliphatic rings. The lowest BCUT2D eigenvalue weighted by molar-refractivity contribution is -0.131. The highest BCUT2D eigenvalue weighted by Gasteiger charge is 2.51. The largest absolute Gasteiger partial charge is 0.494 e. The standard InChI is InChI=1S/C37H40BN5O7/c1-21-9-14-30(47-21)34-43-27-13-11-24(38-49-36(2,3)37(4,5)50-38)16-23(27)17-29(43)25-12-10-22(18-31(25)48-34)26-19-39-33(41-26)28-8-7-15-42(28)32(44)20-40-35(45)46-6/h9-14,16-19,28,34H,7-8,15,20H2,1-6H3,(H,39,41)(H,40,45). The van der Waals surface area contributed by atoms with E-state index in [1.165, 1.54) is 7.11 Å². The molecule has 2 saturated heterocycles. The molecule has 3 aliphatic heterocycles. The summed E-state index contributed by atoms with van der Waals surface area (Å²) in [5, 5.41) is 3.52. The first kappa shape index (κ1) is 32.2. The van der Waals surface area contributed by atoms with Crippen molar-refractivity contribution in [1.82, 2.24) is 24.8 Å². The van der Waals surface area contributed by atoms with Gasteiger partial charge in [0.15, 0.2) is 5.76 Å². The second-order valence-electron chi connectivity index (χ2n) is 14.2. The number of H-pyrrole nitrogens is 1. The minimum Gasteiger partial charge on any atom is -0.462 e. The quantitative estimate of drug-likeness (QED) is 0.214. The number of ether oxygens (including phenoxy) is 2. The Balaban J connectivity index is 1.12. The summed E-state index contributed by atoms with van der Waals surface area (Å²) in [6.45, 7) is 10.6. The van der Waals surface area contributed by atoms with Gasteiger partial charge in [-0.15, -0.1) is 0 Å². The van der Waals surface area contributed by atoms with Crippen LogP contribution in [0.1, 0.15) is 70.2 Å². The fourth-order valence-electron chi connectivity index (χ4n) is 7.11. The van der Waals surface area contributed by atoms with Crippen molar-refractivity contribution in [2.24, 2.45) is 0 Å². The van der Waals surface area contributed by atoms with Gasteiger partial charge in [-0.25, -0.2) is 9.78 Å². The molecule has 5 aromatic rings. The van der Waals surface area contributed by atoms with Gasteiger partial charge < -0.3 is 38.4 Å². The Morgan fingerprint density at radius 1 is 1.06 bits per heavy atom. The van der Waals surface area contributed by atoms with E-state index in [1.54, 1.807) is 11.1 Å². The van der Waals surface area contributed by atoms with E-state index in [0.717, 1.165) is 57.5 Å². The number of hydrogen-bond acceptors (Lipinski definition) is 8. The number of furan rings is 1. The lowest BCUT2D eigenvalue weighted by Gasteiger charge is -2.32. The van der Waals surface area contributed by atoms with Crippen LogP contribution in [0.15, 0.2) is 65.2 Å². The molecule has 12 nitrogen and oxygen atoms in total. The van der Waals surface area contributed by atoms with Crippen molar-refractivity contribution in [2.75, 3.05) is 20.2 Å². The Morgan fingerprint density at radius 3 is 2.60 bits per heavy atom. The SMILES string of the molecule is COC(=O)NCC(=O)N1CCCC1c1ncc(-c2ccc3c(c2)OC(c2ccc(C)o2)n2c-3cc3cc(B4OC(C)(C)C(C)(C)O4)ccc32)[nH]1. The molecule has 2 unspecified atom stereocenters. The van der Waals surface area contributed by atoms with Crippen molar-refractivity contribution in [1.29, 1.82) is 0 Å². The number of benzene rings is 2. The van der Waals surface area contributed by atoms with Gasteiger partial charge in [0, 0.05) is 23.1 Å². The molecular formula is C37H40BN5O7. The molecule has 0 saturated carbocycles. The number of methoxy groups -OCH3 is 1. The summed E-state index contributed by atoms with van der Waals surface area (Å²) in [7, 11) is 0.798. The lowest BCUT2D eigenvalue weighted by atomic mass is 9.78. The maximum atomic E-state index is 12.9. The van der Waals surface area contributed by atoms with Crippen LogP contribution in [0.5, 0.6) is 5.75 Å². The van der Waals surface area contributed by atoms with Crippen LogP contribution in [0.3, 0.4) is 0 Å². The number of aryl methyl sites for hydroxylation is 1. The summed E-state index contributed by atoms with van der Waals surface area (Å²) in [5.74, 6) is 2.73. The van der Waals surface area contributed by atoms with Gasteiger partial charge in [0.05, 0.1) is 47.5 Å². The molecule has 2 aromatic carbocycles. The van der Waals surface area contributed by atoms with Crippen LogP contribution in [0.25, 0.3) is 33.4 Å². The number of nitrogens with one attached hydrogen (secondary N) is 2. The van der Waals surface area contributed by atoms with E-state index in [2.05, 4.69) is 82.6 Å². The van der Waals surface area contributed by atoms with E-state index < -0.39 is 30.6 Å². The van der Waals surface area contributed by atoms with Crippen LogP contribution in [-0.4, -0.2) is 70.0 Å². The normalized spacial score (nSPS) is 20.4. The maximum Gasteiger partial charge on any atom is 0.494 e. The molecule has 0 radical (unpaired) electrons. The molecule has 2 fully saturated rings. The summed E-state index contributed by atoms with van der Waals surface area (Å²) < 4.78 is 32.4. The molecule has 2 amide bonds. The number of fused-ring (bicyclic) bond motifs is 5. The second-order valence-corrected chi connectivity index (χ2v) is 14.2. The molecule has 50 heavy (non-hydrogen) atoms. The highest BCUT2D eigenvalue weighted by molar-refractivity contribution is 6.62. The van der Waals surface area contributed by atoms with E-state index in [-0.39, 0.29) is 18.5 Å². The van der Waals surface area contributed by atoms with Crippen LogP contribution in [0, 0.1) is 6.92 Å². The van der Waals surface area contributed by atoms with Crippen molar-refractivity contribution < 1.29 is 32.8 Å². The Bertz CT molecular complexity index is 2110. The predicted octanol–water partition coefficient (Wildman–Crippen LogP) is 5.86. The Labute approximate surface area is 290 Å². The van der Waals surface area contributed by atoms with E-state index in [9.17, 15) is 9.59 Å². The number of carbonyl (C=O) groups is 2. The summed E-state index contributed by atoms with van der Waals surface area (Å²) >= 11 is 0. The van der Waals surface area contributed by atoms with Gasteiger partial charge in [-0.2, -0.15) is 0 Å². The Kier molecular flexibility index (Phi) is 7.61. The minimum atomic E-state index is -0.639. The number of aromatic amines is 1. The molecule has 2 N–H and O–H groups in total. The monoisotopic (exact) mass is 677 g/mol. The zero-order valence-corrected chi connectivity index (χ0v) is 29.0. The van der Waals surface area contributed by atoms with Crippen LogP contribution in [-0.2, 0) is 18.8 Å². The van der Waals surface area contributed by atoms with Crippen molar-refractivity contribution in [3.05, 3.63) is 78.1 Å². The third-order valence-electron chi connectivity index (χ3n) is 10.5. The summed E-state index contributed by atoms with van der Waals surface area (Å²) in [4.78, 5) is 34.3. The number of rotatable bonds is 6. The third-order valence-corrected chi connectivity index (χ3v) is 10.5. The number of alkyl carbamates (subject to hydrolysis) is 1. The summed E-state index contributed by atoms with van der Waals surface area (Å²) in [5.41, 5.74) is 4.74. The van der Waals surface area contributed by atoms with Crippen molar-refractivity contribution in [3.63, 3.8) is 0 Å². The van der Waals surface area contributed by atoms with E-state index in [0.29, 0.717) is 23.9 Å². The van der Waals surface area contributed by atoms with E-state index in [4.69, 9.17) is 18.5 Å². The number of hydrogen-bond donors (Lipinski definition) is 2. The number of likely N-dealkylation sites (tertiary alicyclic amines) is 1. The van der Waals surface area contributed by atoms with Crippen LogP contribution in [0.4, 0.5) is 4.79 Å². The molecule has 0 spiro atoms. The van der Waals surface area contributed by atoms with Crippen LogP contribution >= 0.6 is 0 Å². The molecule has 0 bridgehead atoms. The van der Waals surface area contributed by atoms with E-state index >= 15 is 0 Å². The highest BCUT2D eigenvalue weighted by Crippen LogP contribution is 2.46. The maximum absolute atomic E-state index is 12.9. The second kappa shape index (κ2) is 11.8. The van der Waals surface area contributed by atoms with Gasteiger partial charge in [0.1, 0.15) is 23.9 Å². The molecule has 0 aliphatic carbocycles. The minimum absolute atomic E-state index is 0.133. The smallest absolute Gasteiger partial charge is 0.462 e. The zero-order valence-electron chi connectivity index (χ0n) is 29.0. The number of aromatic nitrogens is 3. The molecular weight excluding hydrogens is 637 g/mol. The number of imidazole rings is 1. The molecule has 258 valence electrons. The third kappa shape index (κ3) is 5.35. The summed E-state index contributed by atoms with van der Waals surface area (Å²) in [6.07, 6.45) is 2.23. The zero-order chi connectivity index (χ0) is 34.9. The average molecular weight is 678 g/mol. The van der Waals surface area contributed by atoms with Crippen LogP contribution in [0.2, 0.25) is 0 Å². The van der Waals surface area contributed by atoms with Crippen molar-refractivity contribution in [3.8, 4) is 28.3 Å². The van der Waals surface area contributed by atoms with Gasteiger partial charge in [-0.05, 0) is 89.3 Å². The number of carbonyl (C=O) groups excluding carboxylic acids is 2. The van der Waals surface area contributed by atoms with Crippen molar-refractivity contribution >= 4 is 35.5 Å². The fraction of sp³-hybridized carbons (Fsp3) is 0.378.